The molecule has 0 saturated carbocycles. The van der Waals surface area contributed by atoms with Crippen LogP contribution >= 0.6 is 0 Å². The average Bonchev–Trinajstić information content (AvgIpc) is 2.17. The number of nitro benzene ring substituents is 1. The predicted molar refractivity (Wildman–Crippen MR) is 49.4 cm³/mol. The van der Waals surface area contributed by atoms with Crippen LogP contribution in [0.1, 0.15) is 0 Å². The number of hydrogen-bond donors (Lipinski definition) is 0. The van der Waals surface area contributed by atoms with Crippen LogP contribution in [0.3, 0.4) is 0 Å². The molecule has 3 heteroatoms. The van der Waals surface area contributed by atoms with Gasteiger partial charge in [-0.2, -0.15) is 0 Å². The third kappa shape index (κ3) is 1.36. The summed E-state index contributed by atoms with van der Waals surface area (Å²) in [4.78, 5) is 9.98. The van der Waals surface area contributed by atoms with Gasteiger partial charge >= 0.3 is 0 Å². The van der Waals surface area contributed by atoms with E-state index in [-0.39, 0.29) is 5.69 Å². The second-order valence-electron chi connectivity index (χ2n) is 2.70. The molecule has 1 radical (unpaired) electrons. The van der Waals surface area contributed by atoms with Crippen LogP contribution in [0.15, 0.2) is 36.4 Å². The fraction of sp³-hybridized carbons (Fsp3) is 0. The van der Waals surface area contributed by atoms with Gasteiger partial charge in [-0.05, 0) is 16.8 Å². The first-order valence-electron chi connectivity index (χ1n) is 3.82. The number of fused-ring (bicyclic) bond motifs is 1. The third-order valence-corrected chi connectivity index (χ3v) is 1.86. The minimum atomic E-state index is -0.438. The first kappa shape index (κ1) is 7.73. The Bertz CT molecular complexity index is 465. The lowest BCUT2D eigenvalue weighted by molar-refractivity contribution is -0.385. The molecular formula is C10H6NO2. The summed E-state index contributed by atoms with van der Waals surface area (Å²) in [6, 6.07) is 13.3. The second-order valence-corrected chi connectivity index (χ2v) is 2.70. The molecule has 0 fully saturated rings. The van der Waals surface area contributed by atoms with E-state index in [1.54, 1.807) is 6.07 Å². The first-order valence-corrected chi connectivity index (χ1v) is 3.82. The molecule has 0 bridgehead atoms. The summed E-state index contributed by atoms with van der Waals surface area (Å²) in [5.41, 5.74) is 0.0127. The van der Waals surface area contributed by atoms with E-state index in [0.29, 0.717) is 0 Å². The Labute approximate surface area is 74.8 Å². The zero-order valence-electron chi connectivity index (χ0n) is 6.73. The van der Waals surface area contributed by atoms with Gasteiger partial charge in [-0.25, -0.2) is 0 Å². The Hall–Kier alpha value is -1.90. The lowest BCUT2D eigenvalue weighted by Crippen LogP contribution is -1.87. The molecule has 63 valence electrons. The molecule has 0 N–H and O–H groups in total. The first-order chi connectivity index (χ1) is 6.27. The summed E-state index contributed by atoms with van der Waals surface area (Å²) >= 11 is 0. The largest absolute Gasteiger partial charge is 0.278 e. The lowest BCUT2D eigenvalue weighted by Gasteiger charge is -1.95. The van der Waals surface area contributed by atoms with E-state index < -0.39 is 4.92 Å². The van der Waals surface area contributed by atoms with Crippen molar-refractivity contribution in [2.24, 2.45) is 0 Å². The van der Waals surface area contributed by atoms with Crippen LogP contribution in [0.25, 0.3) is 10.8 Å². The fourth-order valence-corrected chi connectivity index (χ4v) is 1.22. The molecule has 0 saturated heterocycles. The van der Waals surface area contributed by atoms with Crippen molar-refractivity contribution in [3.8, 4) is 0 Å². The van der Waals surface area contributed by atoms with Gasteiger partial charge in [0, 0.05) is 6.07 Å². The van der Waals surface area contributed by atoms with Gasteiger partial charge in [-0.3, -0.25) is 10.1 Å². The molecule has 2 aromatic rings. The molecule has 2 rings (SSSR count). The molecule has 0 heterocycles. The van der Waals surface area contributed by atoms with E-state index in [0.717, 1.165) is 10.8 Å². The van der Waals surface area contributed by atoms with Crippen molar-refractivity contribution in [1.29, 1.82) is 0 Å². The number of non-ortho nitro benzene ring substituents is 1. The Balaban J connectivity index is 2.69. The maximum Gasteiger partial charge on any atom is 0.278 e. The van der Waals surface area contributed by atoms with Gasteiger partial charge in [-0.15, -0.1) is 0 Å². The van der Waals surface area contributed by atoms with Crippen molar-refractivity contribution in [2.75, 3.05) is 0 Å². The molecule has 0 amide bonds. The van der Waals surface area contributed by atoms with Crippen LogP contribution in [0, 0.1) is 16.2 Å². The maximum atomic E-state index is 10.4. The number of hydrogen-bond acceptors (Lipinski definition) is 2. The zero-order valence-corrected chi connectivity index (χ0v) is 6.73. The summed E-state index contributed by atoms with van der Waals surface area (Å²) < 4.78 is 0. The molecule has 2 aromatic carbocycles. The van der Waals surface area contributed by atoms with Crippen molar-refractivity contribution >= 4 is 16.5 Å². The van der Waals surface area contributed by atoms with E-state index >= 15 is 0 Å². The highest BCUT2D eigenvalue weighted by atomic mass is 16.6. The second kappa shape index (κ2) is 2.86. The van der Waals surface area contributed by atoms with Crippen LogP contribution in [0.4, 0.5) is 5.69 Å². The van der Waals surface area contributed by atoms with Gasteiger partial charge in [0.2, 0.25) is 0 Å². The van der Waals surface area contributed by atoms with Crippen LogP contribution < -0.4 is 0 Å². The number of nitro groups is 1. The molecule has 0 spiro atoms. The summed E-state index contributed by atoms with van der Waals surface area (Å²) in [7, 11) is 0. The van der Waals surface area contributed by atoms with Crippen LogP contribution in [-0.2, 0) is 0 Å². The van der Waals surface area contributed by atoms with Crippen molar-refractivity contribution in [1.82, 2.24) is 0 Å². The summed E-state index contributed by atoms with van der Waals surface area (Å²) in [6.07, 6.45) is 0. The van der Waals surface area contributed by atoms with Gasteiger partial charge in [0.1, 0.15) is 0 Å². The van der Waals surface area contributed by atoms with E-state index in [1.165, 1.54) is 6.07 Å². The highest BCUT2D eigenvalue weighted by Crippen LogP contribution is 2.19. The quantitative estimate of drug-likeness (QED) is 0.490. The third-order valence-electron chi connectivity index (χ3n) is 1.86. The minimum absolute atomic E-state index is 0.0127. The highest BCUT2D eigenvalue weighted by molar-refractivity contribution is 5.84. The smallest absolute Gasteiger partial charge is 0.258 e. The van der Waals surface area contributed by atoms with Crippen LogP contribution in [0.5, 0.6) is 0 Å². The molecule has 13 heavy (non-hydrogen) atoms. The van der Waals surface area contributed by atoms with Gasteiger partial charge in [-0.1, -0.05) is 24.3 Å². The molecule has 0 atom stereocenters. The van der Waals surface area contributed by atoms with Crippen LogP contribution in [0.2, 0.25) is 0 Å². The van der Waals surface area contributed by atoms with E-state index in [9.17, 15) is 10.1 Å². The lowest BCUT2D eigenvalue weighted by atomic mass is 10.1. The minimum Gasteiger partial charge on any atom is -0.258 e. The molecule has 3 nitrogen and oxygen atoms in total. The normalized spacial score (nSPS) is 10.2. The number of nitrogens with zero attached hydrogens (tertiary/aromatic N) is 1. The van der Waals surface area contributed by atoms with Gasteiger partial charge < -0.3 is 0 Å². The molecule has 0 aliphatic heterocycles. The molecule has 0 aromatic heterocycles. The maximum absolute atomic E-state index is 10.4. The number of benzene rings is 2. The average molecular weight is 172 g/mol. The Morgan fingerprint density at radius 3 is 2.62 bits per heavy atom. The van der Waals surface area contributed by atoms with Crippen molar-refractivity contribution in [2.45, 2.75) is 0 Å². The monoisotopic (exact) mass is 172 g/mol. The number of rotatable bonds is 1. The van der Waals surface area contributed by atoms with Crippen molar-refractivity contribution in [3.05, 3.63) is 52.6 Å². The standard InChI is InChI=1S/C10H6NO2/c12-11(13)10-6-5-8-3-1-2-4-9(8)7-10/h1-5,7H. The van der Waals surface area contributed by atoms with E-state index in [2.05, 4.69) is 6.07 Å². The van der Waals surface area contributed by atoms with Crippen LogP contribution in [-0.4, -0.2) is 4.92 Å². The Kier molecular flexibility index (Phi) is 1.70. The summed E-state index contributed by atoms with van der Waals surface area (Å²) in [5, 5.41) is 12.3. The van der Waals surface area contributed by atoms with Gasteiger partial charge in [0.05, 0.1) is 11.0 Å². The van der Waals surface area contributed by atoms with Crippen molar-refractivity contribution in [3.63, 3.8) is 0 Å². The summed E-state index contributed by atoms with van der Waals surface area (Å²) in [6.45, 7) is 0. The predicted octanol–water partition coefficient (Wildman–Crippen LogP) is 2.55. The fourth-order valence-electron chi connectivity index (χ4n) is 1.22. The molecular weight excluding hydrogens is 166 g/mol. The SMILES string of the molecule is O=[N+]([O-])c1[c]cc2ccccc2c1. The van der Waals surface area contributed by atoms with Gasteiger partial charge in [0.15, 0.2) is 0 Å². The Morgan fingerprint density at radius 2 is 1.92 bits per heavy atom. The summed E-state index contributed by atoms with van der Waals surface area (Å²) in [5.74, 6) is 0. The zero-order chi connectivity index (χ0) is 9.26. The van der Waals surface area contributed by atoms with E-state index in [4.69, 9.17) is 0 Å². The molecule has 0 aliphatic carbocycles. The topological polar surface area (TPSA) is 43.1 Å². The molecule has 0 unspecified atom stereocenters. The Morgan fingerprint density at radius 1 is 1.23 bits per heavy atom. The highest BCUT2D eigenvalue weighted by Gasteiger charge is 2.05. The van der Waals surface area contributed by atoms with Gasteiger partial charge in [0.25, 0.3) is 5.69 Å². The van der Waals surface area contributed by atoms with E-state index in [1.807, 2.05) is 24.3 Å². The van der Waals surface area contributed by atoms with Crippen molar-refractivity contribution < 1.29 is 4.92 Å². The molecule has 0 aliphatic rings.